The van der Waals surface area contributed by atoms with Crippen molar-refractivity contribution in [1.82, 2.24) is 0 Å². The Morgan fingerprint density at radius 2 is 1.57 bits per heavy atom. The van der Waals surface area contributed by atoms with Crippen LogP contribution in [0.5, 0.6) is 0 Å². The Bertz CT molecular complexity index is 995. The van der Waals surface area contributed by atoms with E-state index >= 15 is 0 Å². The zero-order valence-corrected chi connectivity index (χ0v) is 17.7. The molecule has 4 rings (SSSR count). The molecule has 23 heavy (non-hydrogen) atoms. The Hall–Kier alpha value is -0.146. The maximum atomic E-state index is 4.97. The Morgan fingerprint density at radius 3 is 2.26 bits per heavy atom. The molecule has 0 nitrogen and oxygen atoms in total. The Kier molecular flexibility index (Phi) is 5.38. The molecule has 1 heterocycles. The first-order valence-electron chi connectivity index (χ1n) is 7.21. The molecule has 5 heteroatoms. The van der Waals surface area contributed by atoms with Crippen LogP contribution in [-0.2, 0) is 14.7 Å². The Balaban J connectivity index is 0.000000354. The van der Waals surface area contributed by atoms with Crippen LogP contribution in [0.2, 0.25) is 0 Å². The minimum atomic E-state index is -1.92. The number of aryl methyl sites for hydroxylation is 2. The predicted molar refractivity (Wildman–Crippen MR) is 104 cm³/mol. The van der Waals surface area contributed by atoms with Crippen molar-refractivity contribution in [3.05, 3.63) is 53.1 Å². The molecule has 0 amide bonds. The summed E-state index contributed by atoms with van der Waals surface area (Å²) in [5, 5.41) is 5.74. The van der Waals surface area contributed by atoms with Gasteiger partial charge in [-0.3, -0.25) is 0 Å². The summed E-state index contributed by atoms with van der Waals surface area (Å²) in [6.07, 6.45) is 0. The van der Waals surface area contributed by atoms with Gasteiger partial charge < -0.3 is 0 Å². The molecular weight excluding hydrogens is 402 g/mol. The molecular formula is C18H15Cl3STi. The molecule has 4 aromatic rings. The summed E-state index contributed by atoms with van der Waals surface area (Å²) >= 11 is -0.0163. The molecule has 0 N–H and O–H groups in total. The van der Waals surface area contributed by atoms with E-state index in [-0.39, 0.29) is 0 Å². The minimum absolute atomic E-state index is 1.39. The number of hydrogen-bond donors (Lipinski definition) is 0. The number of fused-ring (bicyclic) bond motifs is 5. The average Bonchev–Trinajstić information content (AvgIpc) is 2.98. The van der Waals surface area contributed by atoms with E-state index in [0.717, 1.165) is 0 Å². The molecule has 3 aromatic carbocycles. The van der Waals surface area contributed by atoms with E-state index in [0.29, 0.717) is 0 Å². The van der Waals surface area contributed by atoms with Crippen molar-refractivity contribution < 1.29 is 14.7 Å². The van der Waals surface area contributed by atoms with Gasteiger partial charge in [0, 0.05) is 4.70 Å². The van der Waals surface area contributed by atoms with Crippen LogP contribution in [0.1, 0.15) is 16.7 Å². The molecule has 0 aliphatic heterocycles. The van der Waals surface area contributed by atoms with Crippen molar-refractivity contribution in [2.45, 2.75) is 20.8 Å². The van der Waals surface area contributed by atoms with Crippen LogP contribution in [0.4, 0.5) is 0 Å². The van der Waals surface area contributed by atoms with E-state index in [1.54, 1.807) is 0 Å². The predicted octanol–water partition coefficient (Wildman–Crippen LogP) is 7.92. The topological polar surface area (TPSA) is 0 Å². The molecule has 0 unspecified atom stereocenters. The van der Waals surface area contributed by atoms with E-state index < -0.39 is 14.7 Å². The first-order valence-corrected chi connectivity index (χ1v) is 14.5. The van der Waals surface area contributed by atoms with E-state index in [1.165, 1.54) is 47.6 Å². The fourth-order valence-corrected chi connectivity index (χ4v) is 4.30. The fraction of sp³-hybridized carbons (Fsp3) is 0.167. The van der Waals surface area contributed by atoms with Gasteiger partial charge in [0.15, 0.2) is 0 Å². The number of benzene rings is 2. The quantitative estimate of drug-likeness (QED) is 0.201. The molecule has 118 valence electrons. The van der Waals surface area contributed by atoms with Gasteiger partial charge in [0.25, 0.3) is 0 Å². The first-order chi connectivity index (χ1) is 10.9. The third-order valence-electron chi connectivity index (χ3n) is 4.45. The van der Waals surface area contributed by atoms with Crippen molar-refractivity contribution >= 4 is 70.2 Å². The Labute approximate surface area is 157 Å². The third-order valence-corrected chi connectivity index (χ3v) is 5.58. The summed E-state index contributed by atoms with van der Waals surface area (Å²) in [6.45, 7) is 6.74. The molecule has 0 saturated carbocycles. The normalized spacial score (nSPS) is 11.0. The van der Waals surface area contributed by atoms with Gasteiger partial charge in [-0.15, -0.1) is 39.3 Å². The van der Waals surface area contributed by atoms with Crippen LogP contribution in [-0.4, -0.2) is 0 Å². The van der Waals surface area contributed by atoms with Crippen molar-refractivity contribution in [2.24, 2.45) is 0 Å². The van der Waals surface area contributed by atoms with Gasteiger partial charge in [-0.2, -0.15) is 5.56 Å². The summed E-state index contributed by atoms with van der Waals surface area (Å²) in [5.74, 6) is 0. The van der Waals surface area contributed by atoms with E-state index in [2.05, 4.69) is 57.2 Å². The Morgan fingerprint density at radius 1 is 0.913 bits per heavy atom. The molecule has 0 aliphatic rings. The SMILES string of the molecule is Cc1c(C)[c-](C)c2c1ccc1sc3ccccc3c12.[Cl][Ti+]([Cl])[Cl]. The summed E-state index contributed by atoms with van der Waals surface area (Å²) in [6, 6.07) is 13.3. The zero-order valence-electron chi connectivity index (χ0n) is 13.0. The second-order valence-corrected chi connectivity index (χ2v) is 14.4. The van der Waals surface area contributed by atoms with Crippen LogP contribution in [0.25, 0.3) is 30.9 Å². The van der Waals surface area contributed by atoms with Gasteiger partial charge in [-0.25, -0.2) is 0 Å². The molecule has 0 atom stereocenters. The van der Waals surface area contributed by atoms with Gasteiger partial charge in [0.2, 0.25) is 0 Å². The van der Waals surface area contributed by atoms with Crippen molar-refractivity contribution in [1.29, 1.82) is 0 Å². The number of thiophene rings is 1. The van der Waals surface area contributed by atoms with Gasteiger partial charge in [-0.05, 0) is 16.2 Å². The van der Waals surface area contributed by atoms with Gasteiger partial charge in [0.1, 0.15) is 0 Å². The second-order valence-electron chi connectivity index (χ2n) is 5.55. The molecule has 0 radical (unpaired) electrons. The summed E-state index contributed by atoms with van der Waals surface area (Å²) < 4.78 is 2.79. The average molecular weight is 418 g/mol. The number of rotatable bonds is 0. The molecule has 0 aliphatic carbocycles. The summed E-state index contributed by atoms with van der Waals surface area (Å²) in [4.78, 5) is 0. The van der Waals surface area contributed by atoms with E-state index in [1.807, 2.05) is 11.3 Å². The fourth-order valence-electron chi connectivity index (χ4n) is 3.19. The standard InChI is InChI=1S/C18H15S.3ClH.Ti/c1-10-11(2)13-8-9-16-18(17(13)12(10)3)14-6-4-5-7-15(14)19-16;;;;/h4-9H,1-3H3;3*1H;/q-1;;;;+4/p-3. The maximum absolute atomic E-state index is 4.97. The van der Waals surface area contributed by atoms with Crippen molar-refractivity contribution in [3.63, 3.8) is 0 Å². The summed E-state index contributed by atoms with van der Waals surface area (Å²) in [5.41, 5.74) is 4.32. The number of halogens is 3. The van der Waals surface area contributed by atoms with Crippen LogP contribution >= 0.6 is 39.3 Å². The third kappa shape index (κ3) is 3.20. The van der Waals surface area contributed by atoms with Crippen molar-refractivity contribution in [3.8, 4) is 0 Å². The van der Waals surface area contributed by atoms with E-state index in [4.69, 9.17) is 27.9 Å². The number of hydrogen-bond acceptors (Lipinski definition) is 1. The molecule has 0 fully saturated rings. The van der Waals surface area contributed by atoms with Gasteiger partial charge in [0.05, 0.1) is 0 Å². The molecule has 0 bridgehead atoms. The van der Waals surface area contributed by atoms with Gasteiger partial charge >= 0.3 is 42.6 Å². The molecule has 0 saturated heterocycles. The zero-order chi connectivity index (χ0) is 16.7. The molecule has 1 aromatic heterocycles. The van der Waals surface area contributed by atoms with Crippen LogP contribution in [0, 0.1) is 20.8 Å². The first kappa shape index (κ1) is 17.7. The monoisotopic (exact) mass is 416 g/mol. The van der Waals surface area contributed by atoms with Crippen molar-refractivity contribution in [2.75, 3.05) is 0 Å². The molecule has 0 spiro atoms. The van der Waals surface area contributed by atoms with Crippen LogP contribution in [0.15, 0.2) is 36.4 Å². The van der Waals surface area contributed by atoms with Crippen LogP contribution in [0.3, 0.4) is 0 Å². The second kappa shape index (κ2) is 7.00. The van der Waals surface area contributed by atoms with E-state index in [9.17, 15) is 0 Å². The van der Waals surface area contributed by atoms with Crippen LogP contribution < -0.4 is 0 Å². The summed E-state index contributed by atoms with van der Waals surface area (Å²) in [7, 11) is 14.9. The van der Waals surface area contributed by atoms with Gasteiger partial charge in [-0.1, -0.05) is 50.4 Å².